The number of carbonyl (C=O) groups excluding carboxylic acids is 1. The lowest BCUT2D eigenvalue weighted by Crippen LogP contribution is -2.61. The molecule has 0 aromatic rings. The van der Waals surface area contributed by atoms with Crippen molar-refractivity contribution in [3.05, 3.63) is 21.8 Å². The number of fused-ring (bicyclic) bond motifs is 3. The van der Waals surface area contributed by atoms with Gasteiger partial charge in [-0.05, 0) is 43.4 Å². The van der Waals surface area contributed by atoms with Crippen LogP contribution in [0.25, 0.3) is 0 Å². The summed E-state index contributed by atoms with van der Waals surface area (Å²) < 4.78 is 5.04. The van der Waals surface area contributed by atoms with E-state index in [0.717, 1.165) is 12.8 Å². The molecule has 2 fully saturated rings. The highest BCUT2D eigenvalue weighted by atomic mass is 16.6. The van der Waals surface area contributed by atoms with E-state index in [2.05, 4.69) is 13.0 Å². The predicted octanol–water partition coefficient (Wildman–Crippen LogP) is 2.43. The number of nitro groups is 1. The molecular weight excluding hydrogens is 258 g/mol. The largest absolute Gasteiger partial charge is 0.466 e. The van der Waals surface area contributed by atoms with Gasteiger partial charge < -0.3 is 4.74 Å². The Labute approximate surface area is 118 Å². The van der Waals surface area contributed by atoms with Crippen LogP contribution in [0.4, 0.5) is 0 Å². The molecule has 3 aliphatic carbocycles. The maximum Gasteiger partial charge on any atom is 0.306 e. The summed E-state index contributed by atoms with van der Waals surface area (Å²) in [6.07, 6.45) is 4.61. The van der Waals surface area contributed by atoms with E-state index >= 15 is 0 Å². The lowest BCUT2D eigenvalue weighted by molar-refractivity contribution is -0.511. The second kappa shape index (κ2) is 4.57. The van der Waals surface area contributed by atoms with E-state index in [1.807, 2.05) is 0 Å². The highest BCUT2D eigenvalue weighted by Gasteiger charge is 2.67. The average Bonchev–Trinajstić information content (AvgIpc) is 3.14. The number of esters is 1. The van der Waals surface area contributed by atoms with E-state index in [1.54, 1.807) is 6.92 Å². The molecule has 0 heterocycles. The van der Waals surface area contributed by atoms with E-state index in [9.17, 15) is 14.9 Å². The third-order valence-corrected chi connectivity index (χ3v) is 5.71. The van der Waals surface area contributed by atoms with Gasteiger partial charge in [0.15, 0.2) is 0 Å². The van der Waals surface area contributed by atoms with Crippen LogP contribution in [0.1, 0.15) is 33.1 Å². The molecule has 3 rings (SSSR count). The average molecular weight is 279 g/mol. The van der Waals surface area contributed by atoms with Gasteiger partial charge in [0.05, 0.1) is 18.4 Å². The van der Waals surface area contributed by atoms with Gasteiger partial charge in [-0.1, -0.05) is 18.6 Å². The van der Waals surface area contributed by atoms with Crippen molar-refractivity contribution in [3.63, 3.8) is 0 Å². The van der Waals surface area contributed by atoms with Crippen molar-refractivity contribution in [2.24, 2.45) is 29.1 Å². The fourth-order valence-corrected chi connectivity index (χ4v) is 4.75. The number of allylic oxidation sites excluding steroid dienone is 2. The van der Waals surface area contributed by atoms with Crippen molar-refractivity contribution in [1.82, 2.24) is 0 Å². The van der Waals surface area contributed by atoms with Gasteiger partial charge >= 0.3 is 5.97 Å². The van der Waals surface area contributed by atoms with Crippen LogP contribution in [0, 0.1) is 39.2 Å². The van der Waals surface area contributed by atoms with E-state index in [-0.39, 0.29) is 35.7 Å². The molecule has 5 nitrogen and oxygen atoms in total. The Bertz CT molecular complexity index is 486. The number of carbonyl (C=O) groups is 1. The Morgan fingerprint density at radius 3 is 2.95 bits per heavy atom. The van der Waals surface area contributed by atoms with Gasteiger partial charge in [-0.25, -0.2) is 0 Å². The SMILES string of the molecule is CCOC(=O)C[C@]1(C[N+](=O)[O-])[C@H](C)[C@@H]2C3=C[C@@H]3CC[C@@H]21. The maximum absolute atomic E-state index is 11.9. The first-order valence-electron chi connectivity index (χ1n) is 7.48. The smallest absolute Gasteiger partial charge is 0.306 e. The molecule has 5 atom stereocenters. The van der Waals surface area contributed by atoms with Gasteiger partial charge in [0.25, 0.3) is 0 Å². The lowest BCUT2D eigenvalue weighted by atomic mass is 9.42. The first-order chi connectivity index (χ1) is 9.49. The number of hydrogen-bond acceptors (Lipinski definition) is 4. The van der Waals surface area contributed by atoms with Gasteiger partial charge in [-0.3, -0.25) is 14.9 Å². The van der Waals surface area contributed by atoms with Crippen LogP contribution in [-0.2, 0) is 9.53 Å². The van der Waals surface area contributed by atoms with Gasteiger partial charge in [0.1, 0.15) is 0 Å². The van der Waals surface area contributed by atoms with Crippen molar-refractivity contribution >= 4 is 5.97 Å². The fraction of sp³-hybridized carbons (Fsp3) is 0.800. The number of ether oxygens (including phenoxy) is 1. The standard InChI is InChI=1S/C15H21NO4/c1-3-20-13(17)7-15(8-16(18)19)9(2)14-11-6-10(11)4-5-12(14)15/h6,9-10,12,14H,3-5,7-8H2,1-2H3/t9-,10+,12+,14-,15+/m1/s1. The normalized spacial score (nSPS) is 40.8. The summed E-state index contributed by atoms with van der Waals surface area (Å²) in [5.74, 6) is 1.35. The van der Waals surface area contributed by atoms with Gasteiger partial charge in [0.2, 0.25) is 6.54 Å². The van der Waals surface area contributed by atoms with E-state index in [1.165, 1.54) is 5.57 Å². The Balaban J connectivity index is 1.81. The van der Waals surface area contributed by atoms with Crippen molar-refractivity contribution in [2.75, 3.05) is 13.2 Å². The molecule has 0 aromatic heterocycles. The number of nitrogens with zero attached hydrogens (tertiary/aromatic N) is 1. The van der Waals surface area contributed by atoms with Crippen LogP contribution in [0.15, 0.2) is 11.6 Å². The summed E-state index contributed by atoms with van der Waals surface area (Å²) >= 11 is 0. The summed E-state index contributed by atoms with van der Waals surface area (Å²) in [7, 11) is 0. The minimum absolute atomic E-state index is 0.105. The summed E-state index contributed by atoms with van der Waals surface area (Å²) in [5.41, 5.74) is 1.01. The molecule has 20 heavy (non-hydrogen) atoms. The van der Waals surface area contributed by atoms with Crippen molar-refractivity contribution in [3.8, 4) is 0 Å². The highest BCUT2D eigenvalue weighted by Crippen LogP contribution is 2.68. The minimum atomic E-state index is -0.491. The number of rotatable bonds is 5. The van der Waals surface area contributed by atoms with Crippen LogP contribution in [-0.4, -0.2) is 24.0 Å². The molecule has 0 aromatic carbocycles. The number of hydrogen-bond donors (Lipinski definition) is 0. The van der Waals surface area contributed by atoms with E-state index in [4.69, 9.17) is 4.74 Å². The van der Waals surface area contributed by atoms with Crippen LogP contribution in [0.3, 0.4) is 0 Å². The Hall–Kier alpha value is -1.39. The molecule has 0 N–H and O–H groups in total. The maximum atomic E-state index is 11.9. The van der Waals surface area contributed by atoms with E-state index in [0.29, 0.717) is 18.4 Å². The Morgan fingerprint density at radius 1 is 1.55 bits per heavy atom. The first-order valence-corrected chi connectivity index (χ1v) is 7.48. The molecule has 0 radical (unpaired) electrons. The Kier molecular flexibility index (Phi) is 3.10. The summed E-state index contributed by atoms with van der Waals surface area (Å²) in [4.78, 5) is 22.7. The predicted molar refractivity (Wildman–Crippen MR) is 72.5 cm³/mol. The fourth-order valence-electron chi connectivity index (χ4n) is 4.75. The lowest BCUT2D eigenvalue weighted by Gasteiger charge is -2.59. The quantitative estimate of drug-likeness (QED) is 0.335. The molecule has 5 heteroatoms. The van der Waals surface area contributed by atoms with Crippen LogP contribution in [0.2, 0.25) is 0 Å². The van der Waals surface area contributed by atoms with Crippen molar-refractivity contribution < 1.29 is 14.5 Å². The second-order valence-corrected chi connectivity index (χ2v) is 6.48. The third-order valence-electron chi connectivity index (χ3n) is 5.71. The molecule has 0 amide bonds. The minimum Gasteiger partial charge on any atom is -0.466 e. The molecule has 0 unspecified atom stereocenters. The molecule has 0 spiro atoms. The molecule has 3 aliphatic rings. The molecule has 0 saturated heterocycles. The van der Waals surface area contributed by atoms with Crippen molar-refractivity contribution in [1.29, 1.82) is 0 Å². The third kappa shape index (κ3) is 1.86. The summed E-state index contributed by atoms with van der Waals surface area (Å²) in [6, 6.07) is 0. The molecule has 0 bridgehead atoms. The Morgan fingerprint density at radius 2 is 2.30 bits per heavy atom. The van der Waals surface area contributed by atoms with Gasteiger partial charge in [-0.2, -0.15) is 0 Å². The zero-order chi connectivity index (χ0) is 14.5. The summed E-state index contributed by atoms with van der Waals surface area (Å²) in [5, 5.41) is 11.1. The zero-order valence-corrected chi connectivity index (χ0v) is 12.0. The van der Waals surface area contributed by atoms with Crippen molar-refractivity contribution in [2.45, 2.75) is 33.1 Å². The monoisotopic (exact) mass is 279 g/mol. The van der Waals surface area contributed by atoms with Gasteiger partial charge in [0, 0.05) is 4.92 Å². The topological polar surface area (TPSA) is 69.4 Å². The molecule has 2 saturated carbocycles. The molecule has 110 valence electrons. The summed E-state index contributed by atoms with van der Waals surface area (Å²) in [6.45, 7) is 4.08. The van der Waals surface area contributed by atoms with Crippen LogP contribution in [0.5, 0.6) is 0 Å². The molecular formula is C15H21NO4. The molecule has 0 aliphatic heterocycles. The zero-order valence-electron chi connectivity index (χ0n) is 12.0. The first kappa shape index (κ1) is 13.6. The van der Waals surface area contributed by atoms with Gasteiger partial charge in [-0.15, -0.1) is 0 Å². The second-order valence-electron chi connectivity index (χ2n) is 6.48. The van der Waals surface area contributed by atoms with E-state index < -0.39 is 5.41 Å². The van der Waals surface area contributed by atoms with Crippen LogP contribution < -0.4 is 0 Å². The highest BCUT2D eigenvalue weighted by molar-refractivity contribution is 5.71. The van der Waals surface area contributed by atoms with Crippen LogP contribution >= 0.6 is 0 Å².